The van der Waals surface area contributed by atoms with Crippen LogP contribution >= 0.6 is 11.8 Å². The van der Waals surface area contributed by atoms with Crippen LogP contribution in [0.25, 0.3) is 23.2 Å². The maximum Gasteiger partial charge on any atom is 0.250 e. The Morgan fingerprint density at radius 3 is 2.65 bits per heavy atom. The molecule has 9 heteroatoms. The fraction of sp³-hybridized carbons (Fsp3) is 0.120. The maximum atomic E-state index is 12.3. The van der Waals surface area contributed by atoms with Crippen LogP contribution in [0.3, 0.4) is 0 Å². The third kappa shape index (κ3) is 5.81. The van der Waals surface area contributed by atoms with Crippen LogP contribution in [0, 0.1) is 6.92 Å². The van der Waals surface area contributed by atoms with Crippen molar-refractivity contribution in [1.82, 2.24) is 20.2 Å². The van der Waals surface area contributed by atoms with E-state index in [2.05, 4.69) is 20.7 Å². The minimum atomic E-state index is -0.256. The molecule has 0 saturated heterocycles. The number of carbonyl (C=O) groups is 1. The summed E-state index contributed by atoms with van der Waals surface area (Å²) in [4.78, 5) is 12.3. The summed E-state index contributed by atoms with van der Waals surface area (Å²) in [6.07, 6.45) is 6.50. The molecule has 0 fully saturated rings. The molecular weight excluding hydrogens is 450 g/mol. The van der Waals surface area contributed by atoms with Crippen molar-refractivity contribution in [1.29, 1.82) is 0 Å². The largest absolute Gasteiger partial charge is 0.497 e. The monoisotopic (exact) mass is 473 g/mol. The molecule has 172 valence electrons. The van der Waals surface area contributed by atoms with Crippen LogP contribution in [0.15, 0.2) is 87.7 Å². The third-order valence-electron chi connectivity index (χ3n) is 4.76. The Kier molecular flexibility index (Phi) is 7.56. The van der Waals surface area contributed by atoms with Crippen LogP contribution in [0.5, 0.6) is 5.75 Å². The Labute approximate surface area is 201 Å². The summed E-state index contributed by atoms with van der Waals surface area (Å²) in [6.45, 7) is 2.03. The first kappa shape index (κ1) is 23.1. The Balaban J connectivity index is 1.48. The molecule has 0 atom stereocenters. The van der Waals surface area contributed by atoms with Crippen molar-refractivity contribution in [3.05, 3.63) is 84.3 Å². The predicted octanol–water partition coefficient (Wildman–Crippen LogP) is 4.75. The number of aryl methyl sites for hydroxylation is 1. The van der Waals surface area contributed by atoms with Crippen molar-refractivity contribution < 1.29 is 13.9 Å². The van der Waals surface area contributed by atoms with E-state index in [9.17, 15) is 4.79 Å². The first-order valence-corrected chi connectivity index (χ1v) is 11.4. The molecule has 2 aromatic carbocycles. The van der Waals surface area contributed by atoms with Crippen molar-refractivity contribution in [2.75, 3.05) is 12.9 Å². The quantitative estimate of drug-likeness (QED) is 0.214. The molecule has 2 aromatic heterocycles. The molecule has 1 N–H and O–H groups in total. The lowest BCUT2D eigenvalue weighted by Crippen LogP contribution is -2.19. The van der Waals surface area contributed by atoms with Crippen LogP contribution in [0.1, 0.15) is 11.3 Å². The number of carbonyl (C=O) groups excluding carboxylic acids is 1. The highest BCUT2D eigenvalue weighted by atomic mass is 32.2. The Hall–Kier alpha value is -4.11. The zero-order valence-corrected chi connectivity index (χ0v) is 19.5. The number of allylic oxidation sites excluding steroid dienone is 1. The number of aromatic nitrogens is 3. The molecule has 0 bridgehead atoms. The summed E-state index contributed by atoms with van der Waals surface area (Å²) in [6, 6.07) is 19.3. The Morgan fingerprint density at radius 1 is 1.15 bits per heavy atom. The molecule has 2 heterocycles. The summed E-state index contributed by atoms with van der Waals surface area (Å²) >= 11 is 1.28. The van der Waals surface area contributed by atoms with Gasteiger partial charge in [0.05, 0.1) is 19.1 Å². The number of rotatable bonds is 9. The molecule has 0 saturated carbocycles. The average molecular weight is 474 g/mol. The molecule has 0 aliphatic rings. The SMILES string of the molecule is COc1ccc(-n2c(SCC(=O)NN=CC=Cc3ccco3)nnc2-c2ccc(C)cc2)cc1. The van der Waals surface area contributed by atoms with Gasteiger partial charge >= 0.3 is 0 Å². The number of furan rings is 1. The molecule has 4 rings (SSSR count). The summed E-state index contributed by atoms with van der Waals surface area (Å²) in [7, 11) is 1.63. The fourth-order valence-corrected chi connectivity index (χ4v) is 3.80. The second-order valence-corrected chi connectivity index (χ2v) is 8.12. The summed E-state index contributed by atoms with van der Waals surface area (Å²) in [5, 5.41) is 13.3. The number of amides is 1. The summed E-state index contributed by atoms with van der Waals surface area (Å²) in [5.74, 6) is 2.02. The fourth-order valence-electron chi connectivity index (χ4n) is 3.06. The van der Waals surface area contributed by atoms with Crippen LogP contribution in [0.4, 0.5) is 0 Å². The van der Waals surface area contributed by atoms with Gasteiger partial charge in [-0.1, -0.05) is 41.6 Å². The number of thioether (sulfide) groups is 1. The number of nitrogens with zero attached hydrogens (tertiary/aromatic N) is 4. The van der Waals surface area contributed by atoms with Gasteiger partial charge in [0, 0.05) is 17.5 Å². The summed E-state index contributed by atoms with van der Waals surface area (Å²) in [5.41, 5.74) is 5.46. The molecule has 1 amide bonds. The van der Waals surface area contributed by atoms with Gasteiger partial charge in [0.2, 0.25) is 0 Å². The van der Waals surface area contributed by atoms with E-state index < -0.39 is 0 Å². The lowest BCUT2D eigenvalue weighted by Gasteiger charge is -2.11. The van der Waals surface area contributed by atoms with Gasteiger partial charge in [0.25, 0.3) is 5.91 Å². The minimum Gasteiger partial charge on any atom is -0.497 e. The molecular formula is C25H23N5O3S. The van der Waals surface area contributed by atoms with Crippen LogP contribution < -0.4 is 10.2 Å². The second-order valence-electron chi connectivity index (χ2n) is 7.18. The zero-order chi connectivity index (χ0) is 23.8. The lowest BCUT2D eigenvalue weighted by atomic mass is 10.1. The number of ether oxygens (including phenoxy) is 1. The number of hydrogen-bond donors (Lipinski definition) is 1. The van der Waals surface area contributed by atoms with Crippen molar-refractivity contribution in [3.63, 3.8) is 0 Å². The summed E-state index contributed by atoms with van der Waals surface area (Å²) < 4.78 is 12.4. The lowest BCUT2D eigenvalue weighted by molar-refractivity contribution is -0.118. The molecule has 4 aromatic rings. The number of methoxy groups -OCH3 is 1. The van der Waals surface area contributed by atoms with E-state index in [0.717, 1.165) is 22.6 Å². The van der Waals surface area contributed by atoms with E-state index in [1.54, 1.807) is 31.6 Å². The van der Waals surface area contributed by atoms with Gasteiger partial charge in [0.1, 0.15) is 11.5 Å². The van der Waals surface area contributed by atoms with E-state index >= 15 is 0 Å². The number of nitrogens with one attached hydrogen (secondary N) is 1. The molecule has 0 aliphatic heterocycles. The number of hydrazone groups is 1. The highest BCUT2D eigenvalue weighted by Gasteiger charge is 2.17. The second kappa shape index (κ2) is 11.2. The molecule has 0 radical (unpaired) electrons. The molecule has 0 aliphatic carbocycles. The van der Waals surface area contributed by atoms with Gasteiger partial charge in [-0.05, 0) is 55.5 Å². The van der Waals surface area contributed by atoms with E-state index in [1.807, 2.05) is 66.1 Å². The predicted molar refractivity (Wildman–Crippen MR) is 133 cm³/mol. The van der Waals surface area contributed by atoms with Crippen molar-refractivity contribution in [2.24, 2.45) is 5.10 Å². The molecule has 8 nitrogen and oxygen atoms in total. The highest BCUT2D eigenvalue weighted by molar-refractivity contribution is 7.99. The maximum absolute atomic E-state index is 12.3. The van der Waals surface area contributed by atoms with Gasteiger partial charge in [0.15, 0.2) is 11.0 Å². The van der Waals surface area contributed by atoms with Gasteiger partial charge in [-0.15, -0.1) is 10.2 Å². The van der Waals surface area contributed by atoms with Crippen molar-refractivity contribution in [3.8, 4) is 22.8 Å². The van der Waals surface area contributed by atoms with Crippen LogP contribution in [-0.2, 0) is 4.79 Å². The Morgan fingerprint density at radius 2 is 1.94 bits per heavy atom. The van der Waals surface area contributed by atoms with Crippen molar-refractivity contribution >= 4 is 30.0 Å². The third-order valence-corrected chi connectivity index (χ3v) is 5.69. The van der Waals surface area contributed by atoms with Crippen LogP contribution in [0.2, 0.25) is 0 Å². The van der Waals surface area contributed by atoms with E-state index in [4.69, 9.17) is 9.15 Å². The minimum absolute atomic E-state index is 0.126. The standard InChI is InChI=1S/C25H23N5O3S/c1-18-7-9-19(10-8-18)24-28-29-25(30(24)20-11-13-21(32-2)14-12-20)34-17-23(31)27-26-15-3-5-22-6-4-16-33-22/h3-16H,17H2,1-2H3,(H,27,31). The zero-order valence-electron chi connectivity index (χ0n) is 18.7. The topological polar surface area (TPSA) is 94.5 Å². The van der Waals surface area contributed by atoms with E-state index in [0.29, 0.717) is 16.7 Å². The first-order chi connectivity index (χ1) is 16.6. The molecule has 34 heavy (non-hydrogen) atoms. The first-order valence-electron chi connectivity index (χ1n) is 10.5. The van der Waals surface area contributed by atoms with Gasteiger partial charge < -0.3 is 9.15 Å². The van der Waals surface area contributed by atoms with E-state index in [-0.39, 0.29) is 11.7 Å². The highest BCUT2D eigenvalue weighted by Crippen LogP contribution is 2.29. The van der Waals surface area contributed by atoms with Gasteiger partial charge in [-0.25, -0.2) is 5.43 Å². The smallest absolute Gasteiger partial charge is 0.250 e. The molecule has 0 unspecified atom stereocenters. The molecule has 0 spiro atoms. The van der Waals surface area contributed by atoms with Crippen molar-refractivity contribution in [2.45, 2.75) is 12.1 Å². The van der Waals surface area contributed by atoms with Gasteiger partial charge in [-0.2, -0.15) is 5.10 Å². The van der Waals surface area contributed by atoms with Crippen LogP contribution in [-0.4, -0.2) is 39.7 Å². The average Bonchev–Trinajstić information content (AvgIpc) is 3.53. The normalized spacial score (nSPS) is 11.4. The Bertz CT molecular complexity index is 1280. The number of benzene rings is 2. The van der Waals surface area contributed by atoms with E-state index in [1.165, 1.54) is 18.0 Å². The van der Waals surface area contributed by atoms with Gasteiger partial charge in [-0.3, -0.25) is 9.36 Å². The number of hydrogen-bond acceptors (Lipinski definition) is 7.